The molecule has 0 saturated carbocycles. The number of hydrogen-bond acceptors (Lipinski definition) is 2. The van der Waals surface area contributed by atoms with Gasteiger partial charge < -0.3 is 10.2 Å². The van der Waals surface area contributed by atoms with Crippen molar-refractivity contribution in [3.05, 3.63) is 23.3 Å². The molecule has 0 aromatic rings. The maximum Gasteiger partial charge on any atom is 0.335 e. The minimum Gasteiger partial charge on any atom is -0.481 e. The van der Waals surface area contributed by atoms with Gasteiger partial charge in [-0.25, -0.2) is 4.79 Å². The third-order valence-corrected chi connectivity index (χ3v) is 2.02. The molecule has 1 rings (SSSR count). The topological polar surface area (TPSA) is 74.6 Å². The monoisotopic (exact) mass is 182 g/mol. The summed E-state index contributed by atoms with van der Waals surface area (Å²) >= 11 is 0. The minimum atomic E-state index is -1.07. The molecule has 0 aromatic carbocycles. The predicted octanol–water partition coefficient (Wildman–Crippen LogP) is 1.05. The normalized spacial score (nSPS) is 21.8. The lowest BCUT2D eigenvalue weighted by atomic mass is 9.91. The van der Waals surface area contributed by atoms with E-state index in [9.17, 15) is 9.59 Å². The Morgan fingerprint density at radius 3 is 2.54 bits per heavy atom. The molecule has 0 aliphatic heterocycles. The van der Waals surface area contributed by atoms with E-state index in [1.165, 1.54) is 6.08 Å². The first-order valence-electron chi connectivity index (χ1n) is 3.87. The molecule has 0 spiro atoms. The van der Waals surface area contributed by atoms with Crippen LogP contribution in [0, 0.1) is 5.92 Å². The molecule has 1 unspecified atom stereocenters. The average Bonchev–Trinajstić information content (AvgIpc) is 2.04. The molecule has 0 fully saturated rings. The van der Waals surface area contributed by atoms with E-state index >= 15 is 0 Å². The van der Waals surface area contributed by atoms with Crippen molar-refractivity contribution in [1.82, 2.24) is 0 Å². The molecule has 0 heterocycles. The van der Waals surface area contributed by atoms with Crippen LogP contribution in [-0.4, -0.2) is 22.2 Å². The van der Waals surface area contributed by atoms with E-state index in [4.69, 9.17) is 10.2 Å². The number of carboxylic acid groups (broad SMARTS) is 2. The van der Waals surface area contributed by atoms with Crippen molar-refractivity contribution in [3.63, 3.8) is 0 Å². The Morgan fingerprint density at radius 1 is 1.46 bits per heavy atom. The Kier molecular flexibility index (Phi) is 2.51. The van der Waals surface area contributed by atoms with Gasteiger partial charge in [0, 0.05) is 0 Å². The maximum atomic E-state index is 10.6. The van der Waals surface area contributed by atoms with Crippen LogP contribution in [0.15, 0.2) is 23.3 Å². The summed E-state index contributed by atoms with van der Waals surface area (Å²) in [5.41, 5.74) is 0.726. The van der Waals surface area contributed by atoms with Crippen molar-refractivity contribution >= 4 is 11.9 Å². The van der Waals surface area contributed by atoms with E-state index in [2.05, 4.69) is 0 Å². The Morgan fingerprint density at radius 2 is 2.08 bits per heavy atom. The first-order chi connectivity index (χ1) is 6.02. The van der Waals surface area contributed by atoms with Gasteiger partial charge in [0.25, 0.3) is 0 Å². The number of hydrogen-bond donors (Lipinski definition) is 2. The van der Waals surface area contributed by atoms with E-state index in [1.54, 1.807) is 13.0 Å². The van der Waals surface area contributed by atoms with Crippen molar-refractivity contribution in [1.29, 1.82) is 0 Å². The van der Waals surface area contributed by atoms with Gasteiger partial charge in [0.15, 0.2) is 0 Å². The van der Waals surface area contributed by atoms with Crippen molar-refractivity contribution in [2.24, 2.45) is 5.92 Å². The summed E-state index contributed by atoms with van der Waals surface area (Å²) in [4.78, 5) is 21.2. The van der Waals surface area contributed by atoms with Crippen LogP contribution in [0.25, 0.3) is 0 Å². The average molecular weight is 182 g/mol. The highest BCUT2D eigenvalue weighted by atomic mass is 16.4. The Balaban J connectivity index is 2.95. The second-order valence-corrected chi connectivity index (χ2v) is 2.95. The zero-order valence-corrected chi connectivity index (χ0v) is 7.15. The van der Waals surface area contributed by atoms with Gasteiger partial charge in [-0.3, -0.25) is 4.79 Å². The van der Waals surface area contributed by atoms with Crippen LogP contribution in [0.1, 0.15) is 13.3 Å². The lowest BCUT2D eigenvalue weighted by Gasteiger charge is -2.13. The van der Waals surface area contributed by atoms with Gasteiger partial charge in [-0.05, 0) is 18.9 Å². The molecule has 70 valence electrons. The number of carbonyl (C=O) groups is 2. The van der Waals surface area contributed by atoms with Crippen molar-refractivity contribution in [2.75, 3.05) is 0 Å². The third kappa shape index (κ3) is 1.96. The minimum absolute atomic E-state index is 0.0960. The molecule has 0 radical (unpaired) electrons. The van der Waals surface area contributed by atoms with Crippen molar-refractivity contribution < 1.29 is 19.8 Å². The summed E-state index contributed by atoms with van der Waals surface area (Å²) in [7, 11) is 0. The Labute approximate surface area is 75.2 Å². The van der Waals surface area contributed by atoms with Gasteiger partial charge in [0.1, 0.15) is 0 Å². The first-order valence-corrected chi connectivity index (χ1v) is 3.87. The second kappa shape index (κ2) is 3.43. The number of aliphatic carboxylic acids is 2. The highest BCUT2D eigenvalue weighted by Crippen LogP contribution is 2.22. The summed E-state index contributed by atoms with van der Waals surface area (Å²) < 4.78 is 0. The van der Waals surface area contributed by atoms with E-state index in [0.717, 1.165) is 0 Å². The van der Waals surface area contributed by atoms with E-state index in [-0.39, 0.29) is 5.57 Å². The van der Waals surface area contributed by atoms with Crippen molar-refractivity contribution in [3.8, 4) is 0 Å². The Bertz CT molecular complexity index is 312. The molecule has 0 bridgehead atoms. The smallest absolute Gasteiger partial charge is 0.335 e. The number of allylic oxidation sites excluding steroid dienone is 1. The van der Waals surface area contributed by atoms with E-state index in [1.807, 2.05) is 0 Å². The zero-order chi connectivity index (χ0) is 10.0. The van der Waals surface area contributed by atoms with Gasteiger partial charge in [-0.2, -0.15) is 0 Å². The van der Waals surface area contributed by atoms with Gasteiger partial charge in [-0.15, -0.1) is 0 Å². The lowest BCUT2D eigenvalue weighted by molar-refractivity contribution is -0.140. The summed E-state index contributed by atoms with van der Waals surface area (Å²) in [5, 5.41) is 17.4. The molecule has 1 aliphatic carbocycles. The molecule has 0 saturated heterocycles. The van der Waals surface area contributed by atoms with Crippen LogP contribution in [0.2, 0.25) is 0 Å². The van der Waals surface area contributed by atoms with Crippen LogP contribution in [-0.2, 0) is 9.59 Å². The molecular formula is C9H10O4. The fourth-order valence-electron chi connectivity index (χ4n) is 1.23. The molecule has 13 heavy (non-hydrogen) atoms. The summed E-state index contributed by atoms with van der Waals surface area (Å²) in [5.74, 6) is -2.75. The predicted molar refractivity (Wildman–Crippen MR) is 45.2 cm³/mol. The van der Waals surface area contributed by atoms with Gasteiger partial charge >= 0.3 is 11.9 Å². The molecule has 4 heteroatoms. The fraction of sp³-hybridized carbons (Fsp3) is 0.333. The fourth-order valence-corrected chi connectivity index (χ4v) is 1.23. The summed E-state index contributed by atoms with van der Waals surface area (Å²) in [6, 6.07) is 0. The maximum absolute atomic E-state index is 10.6. The van der Waals surface area contributed by atoms with Gasteiger partial charge in [0.05, 0.1) is 11.5 Å². The molecule has 0 aromatic heterocycles. The van der Waals surface area contributed by atoms with Crippen LogP contribution >= 0.6 is 0 Å². The lowest BCUT2D eigenvalue weighted by Crippen LogP contribution is -2.16. The quantitative estimate of drug-likeness (QED) is 0.669. The molecular weight excluding hydrogens is 172 g/mol. The second-order valence-electron chi connectivity index (χ2n) is 2.95. The SMILES string of the molecule is CC1=CCC(C(=O)O)C=C1C(=O)O. The van der Waals surface area contributed by atoms with Crippen LogP contribution in [0.3, 0.4) is 0 Å². The molecule has 1 aliphatic rings. The molecule has 2 N–H and O–H groups in total. The molecule has 1 atom stereocenters. The van der Waals surface area contributed by atoms with Crippen LogP contribution in [0.5, 0.6) is 0 Å². The first kappa shape index (κ1) is 9.51. The summed E-state index contributed by atoms with van der Waals surface area (Å²) in [6.07, 6.45) is 3.31. The van der Waals surface area contributed by atoms with E-state index in [0.29, 0.717) is 12.0 Å². The number of rotatable bonds is 2. The standard InChI is InChI=1S/C9H10O4/c1-5-2-3-6(8(10)11)4-7(5)9(12)13/h2,4,6H,3H2,1H3,(H,10,11)(H,12,13). The summed E-state index contributed by atoms with van der Waals surface area (Å²) in [6.45, 7) is 1.66. The highest BCUT2D eigenvalue weighted by molar-refractivity contribution is 5.93. The highest BCUT2D eigenvalue weighted by Gasteiger charge is 2.22. The third-order valence-electron chi connectivity index (χ3n) is 2.02. The van der Waals surface area contributed by atoms with Crippen LogP contribution in [0.4, 0.5) is 0 Å². The largest absolute Gasteiger partial charge is 0.481 e. The van der Waals surface area contributed by atoms with Crippen molar-refractivity contribution in [2.45, 2.75) is 13.3 Å². The van der Waals surface area contributed by atoms with Gasteiger partial charge in [-0.1, -0.05) is 12.2 Å². The zero-order valence-electron chi connectivity index (χ0n) is 7.15. The molecule has 0 amide bonds. The number of carboxylic acids is 2. The molecule has 4 nitrogen and oxygen atoms in total. The van der Waals surface area contributed by atoms with E-state index < -0.39 is 17.9 Å². The Hall–Kier alpha value is -1.58. The van der Waals surface area contributed by atoms with Gasteiger partial charge in [0.2, 0.25) is 0 Å². The van der Waals surface area contributed by atoms with Crippen LogP contribution < -0.4 is 0 Å².